The van der Waals surface area contributed by atoms with Crippen molar-refractivity contribution < 1.29 is 48.8 Å². The second-order valence-corrected chi connectivity index (χ2v) is 7.45. The van der Waals surface area contributed by atoms with E-state index in [0.29, 0.717) is 5.41 Å². The maximum Gasteiger partial charge on any atom is 1.00 e. The molecule has 3 N–H and O–H groups in total. The van der Waals surface area contributed by atoms with Gasteiger partial charge in [0.05, 0.1) is 0 Å². The minimum atomic E-state index is -4.64. The summed E-state index contributed by atoms with van der Waals surface area (Å²) in [4.78, 5) is 21.6. The molecule has 1 rings (SSSR count). The molecule has 0 saturated carbocycles. The van der Waals surface area contributed by atoms with Gasteiger partial charge in [0.25, 0.3) is 0 Å². The topological polar surface area (TPSA) is 77.8 Å². The molecule has 0 bridgehead atoms. The minimum Gasteiger partial charge on any atom is -0.303 e. The molecule has 0 aliphatic heterocycles. The average Bonchev–Trinajstić information content (AvgIpc) is 2.12. The van der Waals surface area contributed by atoms with Gasteiger partial charge in [-0.1, -0.05) is 34.6 Å². The zero-order valence-electron chi connectivity index (χ0n) is 13.2. The molecule has 0 amide bonds. The number of benzene rings is 1. The Bertz CT molecular complexity index is 412. The van der Waals surface area contributed by atoms with Crippen LogP contribution in [0.5, 0.6) is 0 Å². The predicted molar refractivity (Wildman–Crippen MR) is 76.6 cm³/mol. The SMILES string of the molecule is CC(C)(C)CC(C)(C)c1cc[c-]cc1.O=P(O)(O)O.[Na+]. The maximum absolute atomic E-state index is 8.88. The van der Waals surface area contributed by atoms with E-state index in [1.54, 1.807) is 0 Å². The van der Waals surface area contributed by atoms with Crippen LogP contribution < -0.4 is 29.6 Å². The van der Waals surface area contributed by atoms with E-state index in [0.717, 1.165) is 0 Å². The van der Waals surface area contributed by atoms with Gasteiger partial charge in [0.15, 0.2) is 0 Å². The molecule has 0 saturated heterocycles. The van der Waals surface area contributed by atoms with Gasteiger partial charge in [-0.25, -0.2) is 4.57 Å². The second kappa shape index (κ2) is 8.70. The Morgan fingerprint density at radius 1 is 1.05 bits per heavy atom. The van der Waals surface area contributed by atoms with E-state index in [9.17, 15) is 0 Å². The number of hydrogen-bond acceptors (Lipinski definition) is 1. The fraction of sp³-hybridized carbons (Fsp3) is 0.571. The molecular weight excluding hydrogens is 286 g/mol. The smallest absolute Gasteiger partial charge is 0.303 e. The van der Waals surface area contributed by atoms with E-state index in [1.165, 1.54) is 12.0 Å². The van der Waals surface area contributed by atoms with Crippen molar-refractivity contribution in [2.24, 2.45) is 5.41 Å². The van der Waals surface area contributed by atoms with Crippen molar-refractivity contribution in [3.05, 3.63) is 35.9 Å². The van der Waals surface area contributed by atoms with E-state index in [2.05, 4.69) is 52.8 Å². The molecule has 4 nitrogen and oxygen atoms in total. The first kappa shape index (κ1) is 22.6. The zero-order valence-corrected chi connectivity index (χ0v) is 16.1. The normalized spacial score (nSPS) is 12.0. The molecule has 6 heteroatoms. The fourth-order valence-corrected chi connectivity index (χ4v) is 2.27. The van der Waals surface area contributed by atoms with Crippen molar-refractivity contribution in [2.45, 2.75) is 46.5 Å². The standard InChI is InChI=1S/C14H21.Na.H3O4P/c1-13(2,3)11-14(4,5)12-9-7-6-8-10-12;;1-5(2,3)4/h7-10H,11H2,1-5H3;;(H3,1,2,3,4)/q-1;+1;. The number of rotatable bonds is 2. The molecule has 0 aliphatic rings. The molecule has 0 fully saturated rings. The summed E-state index contributed by atoms with van der Waals surface area (Å²) in [6.45, 7) is 11.5. The van der Waals surface area contributed by atoms with Gasteiger partial charge in [-0.15, -0.1) is 0 Å². The zero-order chi connectivity index (χ0) is 15.3. The van der Waals surface area contributed by atoms with Crippen LogP contribution in [0.4, 0.5) is 0 Å². The van der Waals surface area contributed by atoms with E-state index in [4.69, 9.17) is 19.2 Å². The van der Waals surface area contributed by atoms with Crippen molar-refractivity contribution in [3.63, 3.8) is 0 Å². The summed E-state index contributed by atoms with van der Waals surface area (Å²) in [5.41, 5.74) is 2.04. The van der Waals surface area contributed by atoms with Crippen LogP contribution in [0, 0.1) is 11.5 Å². The predicted octanol–water partition coefficient (Wildman–Crippen LogP) is 0.276. The first-order valence-electron chi connectivity index (χ1n) is 6.06. The molecule has 110 valence electrons. The van der Waals surface area contributed by atoms with Crippen LogP contribution in [-0.4, -0.2) is 14.7 Å². The summed E-state index contributed by atoms with van der Waals surface area (Å²) in [5, 5.41) is 0. The van der Waals surface area contributed by atoms with E-state index in [-0.39, 0.29) is 35.0 Å². The van der Waals surface area contributed by atoms with Crippen LogP contribution in [0.2, 0.25) is 0 Å². The Balaban J connectivity index is 0. The molecule has 1 aromatic carbocycles. The third kappa shape index (κ3) is 13.3. The Morgan fingerprint density at radius 3 is 1.70 bits per heavy atom. The summed E-state index contributed by atoms with van der Waals surface area (Å²) in [5.74, 6) is 0. The quantitative estimate of drug-likeness (QED) is 0.416. The van der Waals surface area contributed by atoms with Crippen molar-refractivity contribution in [1.29, 1.82) is 0 Å². The van der Waals surface area contributed by atoms with E-state index < -0.39 is 7.82 Å². The Labute approximate surface area is 144 Å². The first-order chi connectivity index (χ1) is 8.31. The first-order valence-corrected chi connectivity index (χ1v) is 7.63. The number of hydrogen-bond donors (Lipinski definition) is 3. The van der Waals surface area contributed by atoms with Crippen LogP contribution in [0.15, 0.2) is 24.3 Å². The maximum atomic E-state index is 8.88. The van der Waals surface area contributed by atoms with Crippen LogP contribution >= 0.6 is 7.82 Å². The third-order valence-electron chi connectivity index (χ3n) is 2.47. The van der Waals surface area contributed by atoms with Gasteiger partial charge in [0.2, 0.25) is 0 Å². The van der Waals surface area contributed by atoms with Crippen molar-refractivity contribution in [1.82, 2.24) is 0 Å². The summed E-state index contributed by atoms with van der Waals surface area (Å²) < 4.78 is 8.88. The van der Waals surface area contributed by atoms with Gasteiger partial charge in [-0.2, -0.15) is 35.9 Å². The summed E-state index contributed by atoms with van der Waals surface area (Å²) in [6, 6.07) is 11.4. The summed E-state index contributed by atoms with van der Waals surface area (Å²) >= 11 is 0. The Hall–Kier alpha value is 0.330. The molecule has 0 radical (unpaired) electrons. The molecular formula is C14H24NaO4P. The summed E-state index contributed by atoms with van der Waals surface area (Å²) in [6.07, 6.45) is 1.20. The van der Waals surface area contributed by atoms with Crippen molar-refractivity contribution in [3.8, 4) is 0 Å². The number of phosphoric acid groups is 1. The third-order valence-corrected chi connectivity index (χ3v) is 2.47. The Kier molecular flexibility index (Phi) is 9.83. The van der Waals surface area contributed by atoms with Crippen LogP contribution in [0.25, 0.3) is 0 Å². The average molecular weight is 310 g/mol. The van der Waals surface area contributed by atoms with Gasteiger partial charge in [0.1, 0.15) is 0 Å². The molecule has 20 heavy (non-hydrogen) atoms. The molecule has 1 aromatic rings. The molecule has 0 heterocycles. The molecule has 0 aliphatic carbocycles. The second-order valence-electron chi connectivity index (χ2n) is 6.42. The van der Waals surface area contributed by atoms with Gasteiger partial charge in [-0.3, -0.25) is 0 Å². The molecule has 0 aromatic heterocycles. The van der Waals surface area contributed by atoms with Gasteiger partial charge < -0.3 is 14.7 Å². The molecule has 0 unspecified atom stereocenters. The molecule has 0 spiro atoms. The van der Waals surface area contributed by atoms with Gasteiger partial charge in [0, 0.05) is 0 Å². The van der Waals surface area contributed by atoms with Gasteiger partial charge in [-0.05, 0) is 17.3 Å². The van der Waals surface area contributed by atoms with Crippen molar-refractivity contribution in [2.75, 3.05) is 0 Å². The fourth-order valence-electron chi connectivity index (χ4n) is 2.27. The van der Waals surface area contributed by atoms with E-state index >= 15 is 0 Å². The largest absolute Gasteiger partial charge is 1.00 e. The van der Waals surface area contributed by atoms with Crippen LogP contribution in [0.1, 0.15) is 46.6 Å². The van der Waals surface area contributed by atoms with Crippen molar-refractivity contribution >= 4 is 7.82 Å². The van der Waals surface area contributed by atoms with Crippen LogP contribution in [0.3, 0.4) is 0 Å². The van der Waals surface area contributed by atoms with Gasteiger partial charge >= 0.3 is 37.4 Å². The monoisotopic (exact) mass is 310 g/mol. The molecule has 0 atom stereocenters. The van der Waals surface area contributed by atoms with Crippen LogP contribution in [-0.2, 0) is 9.98 Å². The summed E-state index contributed by atoms with van der Waals surface area (Å²) in [7, 11) is -4.64. The Morgan fingerprint density at radius 2 is 1.40 bits per heavy atom. The van der Waals surface area contributed by atoms with E-state index in [1.807, 2.05) is 12.1 Å². The minimum absolute atomic E-state index is 0.